The molecule has 78 valence electrons. The summed E-state index contributed by atoms with van der Waals surface area (Å²) in [5.41, 5.74) is 0.794. The van der Waals surface area contributed by atoms with Gasteiger partial charge in [0.15, 0.2) is 6.19 Å². The molecule has 0 spiro atoms. The second kappa shape index (κ2) is 5.17. The Balaban J connectivity index is 2.89. The zero-order chi connectivity index (χ0) is 11.3. The van der Waals surface area contributed by atoms with E-state index in [2.05, 4.69) is 15.3 Å². The molecule has 15 heavy (non-hydrogen) atoms. The number of guanidine groups is 1. The highest BCUT2D eigenvalue weighted by Crippen LogP contribution is 2.13. The molecule has 0 aliphatic carbocycles. The molecule has 0 fully saturated rings. The zero-order valence-corrected chi connectivity index (χ0v) is 9.15. The summed E-state index contributed by atoms with van der Waals surface area (Å²) in [4.78, 5) is 9.56. The van der Waals surface area contributed by atoms with Crippen LogP contribution in [-0.4, -0.2) is 25.0 Å². The fourth-order valence-electron chi connectivity index (χ4n) is 1.03. The Kier molecular flexibility index (Phi) is 3.89. The average molecular weight is 224 g/mol. The largest absolute Gasteiger partial charge is 0.313 e. The van der Waals surface area contributed by atoms with Crippen molar-refractivity contribution < 1.29 is 0 Å². The Bertz CT molecular complexity index is 392. The van der Waals surface area contributed by atoms with Crippen molar-refractivity contribution in [2.24, 2.45) is 4.99 Å². The van der Waals surface area contributed by atoms with E-state index in [1.54, 1.807) is 37.3 Å². The fourth-order valence-corrected chi connectivity index (χ4v) is 1.14. The molecule has 6 heteroatoms. The van der Waals surface area contributed by atoms with Gasteiger partial charge in [-0.05, 0) is 12.1 Å². The van der Waals surface area contributed by atoms with Crippen molar-refractivity contribution in [3.63, 3.8) is 0 Å². The molecular formula is C9H10ClN5. The smallest absolute Gasteiger partial charge is 0.211 e. The number of hydrogen-bond acceptors (Lipinski definition) is 3. The van der Waals surface area contributed by atoms with Gasteiger partial charge >= 0.3 is 0 Å². The quantitative estimate of drug-likeness (QED) is 0.256. The van der Waals surface area contributed by atoms with Crippen LogP contribution in [0.1, 0.15) is 0 Å². The summed E-state index contributed by atoms with van der Waals surface area (Å²) in [5, 5.41) is 11.4. The topological polar surface area (TPSA) is 64.3 Å². The van der Waals surface area contributed by atoms with Crippen LogP contribution >= 0.6 is 11.6 Å². The van der Waals surface area contributed by atoms with Gasteiger partial charge in [-0.25, -0.2) is 4.98 Å². The highest BCUT2D eigenvalue weighted by Gasteiger charge is 2.07. The van der Waals surface area contributed by atoms with E-state index in [0.29, 0.717) is 11.1 Å². The van der Waals surface area contributed by atoms with Gasteiger partial charge in [-0.1, -0.05) is 11.6 Å². The predicted octanol–water partition coefficient (Wildman–Crippen LogP) is 1.23. The molecule has 0 aliphatic rings. The molecule has 0 amide bonds. The van der Waals surface area contributed by atoms with Gasteiger partial charge in [0.1, 0.15) is 5.15 Å². The summed E-state index contributed by atoms with van der Waals surface area (Å²) in [6, 6.07) is 3.46. The van der Waals surface area contributed by atoms with Crippen molar-refractivity contribution in [2.75, 3.05) is 19.0 Å². The maximum absolute atomic E-state index is 8.50. The van der Waals surface area contributed by atoms with Crippen LogP contribution < -0.4 is 10.2 Å². The first-order valence-corrected chi connectivity index (χ1v) is 4.54. The number of nitriles is 1. The van der Waals surface area contributed by atoms with Crippen LogP contribution in [0.4, 0.5) is 5.69 Å². The number of halogens is 1. The molecule has 1 N–H and O–H groups in total. The van der Waals surface area contributed by atoms with Crippen LogP contribution in [0.25, 0.3) is 0 Å². The lowest BCUT2D eigenvalue weighted by Gasteiger charge is -2.18. The van der Waals surface area contributed by atoms with E-state index < -0.39 is 0 Å². The second-order valence-corrected chi connectivity index (χ2v) is 3.07. The summed E-state index contributed by atoms with van der Waals surface area (Å²) < 4.78 is 0. The van der Waals surface area contributed by atoms with Gasteiger partial charge in [0, 0.05) is 14.1 Å². The molecule has 1 aromatic rings. The number of aliphatic imine (C=N–C) groups is 1. The number of hydrogen-bond donors (Lipinski definition) is 1. The van der Waals surface area contributed by atoms with Crippen LogP contribution in [0.15, 0.2) is 23.3 Å². The van der Waals surface area contributed by atoms with Crippen LogP contribution in [0.5, 0.6) is 0 Å². The third-order valence-corrected chi connectivity index (χ3v) is 2.02. The standard InChI is InChI=1S/C9H10ClN5/c1-12-9(14-6-11)15(2)7-3-4-8(10)13-5-7/h3-5H,1-2H3,(H,12,14). The first kappa shape index (κ1) is 11.3. The fraction of sp³-hybridized carbons (Fsp3) is 0.222. The lowest BCUT2D eigenvalue weighted by atomic mass is 10.4. The molecule has 1 aromatic heterocycles. The van der Waals surface area contributed by atoms with Crippen molar-refractivity contribution in [1.29, 1.82) is 5.26 Å². The van der Waals surface area contributed by atoms with Crippen LogP contribution in [0, 0.1) is 11.5 Å². The Morgan fingerprint density at radius 3 is 2.87 bits per heavy atom. The first-order chi connectivity index (χ1) is 7.19. The number of pyridine rings is 1. The van der Waals surface area contributed by atoms with E-state index in [0.717, 1.165) is 5.69 Å². The Morgan fingerprint density at radius 1 is 1.67 bits per heavy atom. The first-order valence-electron chi connectivity index (χ1n) is 4.16. The van der Waals surface area contributed by atoms with Gasteiger partial charge < -0.3 is 4.90 Å². The maximum Gasteiger partial charge on any atom is 0.211 e. The van der Waals surface area contributed by atoms with E-state index in [1.807, 2.05) is 6.19 Å². The molecule has 1 heterocycles. The minimum absolute atomic E-state index is 0.426. The predicted molar refractivity (Wildman–Crippen MR) is 59.8 cm³/mol. The summed E-state index contributed by atoms with van der Waals surface area (Å²) >= 11 is 5.66. The van der Waals surface area contributed by atoms with Crippen molar-refractivity contribution in [2.45, 2.75) is 0 Å². The Morgan fingerprint density at radius 2 is 2.40 bits per heavy atom. The monoisotopic (exact) mass is 223 g/mol. The minimum Gasteiger partial charge on any atom is -0.313 e. The molecule has 0 unspecified atom stereocenters. The van der Waals surface area contributed by atoms with Crippen molar-refractivity contribution >= 4 is 23.2 Å². The normalized spacial score (nSPS) is 10.7. The summed E-state index contributed by atoms with van der Waals surface area (Å²) in [6.07, 6.45) is 3.42. The Labute approximate surface area is 93.0 Å². The number of nitrogens with zero attached hydrogens (tertiary/aromatic N) is 4. The summed E-state index contributed by atoms with van der Waals surface area (Å²) in [7, 11) is 3.37. The number of aromatic nitrogens is 1. The lowest BCUT2D eigenvalue weighted by Crippen LogP contribution is -2.36. The molecule has 0 aromatic carbocycles. The molecular weight excluding hydrogens is 214 g/mol. The molecule has 0 saturated heterocycles. The van der Waals surface area contributed by atoms with Gasteiger partial charge in [-0.15, -0.1) is 0 Å². The van der Waals surface area contributed by atoms with E-state index in [-0.39, 0.29) is 0 Å². The maximum atomic E-state index is 8.50. The van der Waals surface area contributed by atoms with Crippen molar-refractivity contribution in [3.05, 3.63) is 23.5 Å². The van der Waals surface area contributed by atoms with Crippen LogP contribution in [0.2, 0.25) is 5.15 Å². The zero-order valence-electron chi connectivity index (χ0n) is 8.40. The molecule has 0 atom stereocenters. The van der Waals surface area contributed by atoms with E-state index in [1.165, 1.54) is 0 Å². The summed E-state index contributed by atoms with van der Waals surface area (Å²) in [5.74, 6) is 0.446. The molecule has 0 radical (unpaired) electrons. The van der Waals surface area contributed by atoms with Gasteiger partial charge in [0.05, 0.1) is 11.9 Å². The third kappa shape index (κ3) is 2.82. The molecule has 5 nitrogen and oxygen atoms in total. The van der Waals surface area contributed by atoms with E-state index in [9.17, 15) is 0 Å². The van der Waals surface area contributed by atoms with Crippen LogP contribution in [-0.2, 0) is 0 Å². The van der Waals surface area contributed by atoms with Crippen molar-refractivity contribution in [3.8, 4) is 6.19 Å². The van der Waals surface area contributed by atoms with Gasteiger partial charge in [0.2, 0.25) is 5.96 Å². The molecule has 0 saturated carbocycles. The minimum atomic E-state index is 0.426. The Hall–Kier alpha value is -1.80. The summed E-state index contributed by atoms with van der Waals surface area (Å²) in [6.45, 7) is 0. The highest BCUT2D eigenvalue weighted by atomic mass is 35.5. The number of rotatable bonds is 1. The highest BCUT2D eigenvalue weighted by molar-refractivity contribution is 6.29. The number of anilines is 1. The molecule has 0 bridgehead atoms. The second-order valence-electron chi connectivity index (χ2n) is 2.68. The average Bonchev–Trinajstić information content (AvgIpc) is 2.26. The van der Waals surface area contributed by atoms with Gasteiger partial charge in [-0.2, -0.15) is 5.26 Å². The lowest BCUT2D eigenvalue weighted by molar-refractivity contribution is 1.10. The third-order valence-electron chi connectivity index (χ3n) is 1.80. The SMILES string of the molecule is CN=C(NC#N)N(C)c1ccc(Cl)nc1. The van der Waals surface area contributed by atoms with Gasteiger partial charge in [-0.3, -0.25) is 10.3 Å². The number of nitrogens with one attached hydrogen (secondary N) is 1. The van der Waals surface area contributed by atoms with Crippen molar-refractivity contribution in [1.82, 2.24) is 10.3 Å². The van der Waals surface area contributed by atoms with Crippen LogP contribution in [0.3, 0.4) is 0 Å². The van der Waals surface area contributed by atoms with Gasteiger partial charge in [0.25, 0.3) is 0 Å². The molecule has 1 rings (SSSR count). The van der Waals surface area contributed by atoms with E-state index >= 15 is 0 Å². The van der Waals surface area contributed by atoms with E-state index in [4.69, 9.17) is 16.9 Å². The molecule has 0 aliphatic heterocycles.